The van der Waals surface area contributed by atoms with E-state index < -0.39 is 0 Å². The number of aromatic hydroxyl groups is 1. The predicted octanol–water partition coefficient (Wildman–Crippen LogP) is 4.34. The van der Waals surface area contributed by atoms with Gasteiger partial charge in [-0.3, -0.25) is 14.5 Å². The molecular formula is C20H19NO4S. The van der Waals surface area contributed by atoms with Crippen molar-refractivity contribution in [1.82, 2.24) is 4.90 Å². The van der Waals surface area contributed by atoms with Crippen molar-refractivity contribution in [2.45, 2.75) is 20.4 Å². The van der Waals surface area contributed by atoms with Crippen LogP contribution in [0.5, 0.6) is 11.5 Å². The van der Waals surface area contributed by atoms with Crippen LogP contribution in [0.15, 0.2) is 47.4 Å². The van der Waals surface area contributed by atoms with E-state index in [2.05, 4.69) is 0 Å². The SMILES string of the molecule is CCOc1cc(/C=C2/SC(=O)N(Cc3cccc(C)c3)C2=O)ccc1O. The van der Waals surface area contributed by atoms with E-state index in [4.69, 9.17) is 4.74 Å². The smallest absolute Gasteiger partial charge is 0.293 e. The number of nitrogens with zero attached hydrogens (tertiary/aromatic N) is 1. The van der Waals surface area contributed by atoms with Crippen molar-refractivity contribution in [3.05, 3.63) is 64.1 Å². The zero-order chi connectivity index (χ0) is 18.7. The van der Waals surface area contributed by atoms with E-state index in [1.807, 2.05) is 38.1 Å². The van der Waals surface area contributed by atoms with Crippen LogP contribution in [0.1, 0.15) is 23.6 Å². The Hall–Kier alpha value is -2.73. The van der Waals surface area contributed by atoms with Crippen molar-refractivity contribution >= 4 is 29.0 Å². The molecule has 1 aliphatic heterocycles. The molecule has 1 fully saturated rings. The van der Waals surface area contributed by atoms with Crippen LogP contribution in [0.2, 0.25) is 0 Å². The third-order valence-corrected chi connectivity index (χ3v) is 4.79. The summed E-state index contributed by atoms with van der Waals surface area (Å²) >= 11 is 0.919. The molecule has 3 rings (SSSR count). The highest BCUT2D eigenvalue weighted by Gasteiger charge is 2.35. The Bertz CT molecular complexity index is 891. The second kappa shape index (κ2) is 7.66. The van der Waals surface area contributed by atoms with Gasteiger partial charge in [-0.05, 0) is 54.9 Å². The maximum atomic E-state index is 12.6. The van der Waals surface area contributed by atoms with E-state index in [0.717, 1.165) is 22.9 Å². The molecule has 2 aromatic rings. The fourth-order valence-corrected chi connectivity index (χ4v) is 3.51. The number of phenols is 1. The summed E-state index contributed by atoms with van der Waals surface area (Å²) in [4.78, 5) is 26.5. The molecule has 26 heavy (non-hydrogen) atoms. The van der Waals surface area contributed by atoms with Crippen LogP contribution in [0.4, 0.5) is 4.79 Å². The van der Waals surface area contributed by atoms with E-state index in [-0.39, 0.29) is 23.4 Å². The monoisotopic (exact) mass is 369 g/mol. The lowest BCUT2D eigenvalue weighted by molar-refractivity contribution is -0.123. The van der Waals surface area contributed by atoms with Crippen LogP contribution in [-0.2, 0) is 11.3 Å². The van der Waals surface area contributed by atoms with Crippen LogP contribution in [0.25, 0.3) is 6.08 Å². The molecule has 5 nitrogen and oxygen atoms in total. The summed E-state index contributed by atoms with van der Waals surface area (Å²) in [5.41, 5.74) is 2.68. The first-order valence-electron chi connectivity index (χ1n) is 8.24. The molecule has 1 N–H and O–H groups in total. The molecule has 0 radical (unpaired) electrons. The van der Waals surface area contributed by atoms with Gasteiger partial charge in [0.1, 0.15) is 0 Å². The van der Waals surface area contributed by atoms with Gasteiger partial charge in [-0.2, -0.15) is 0 Å². The van der Waals surface area contributed by atoms with Crippen molar-refractivity contribution in [1.29, 1.82) is 0 Å². The lowest BCUT2D eigenvalue weighted by Gasteiger charge is -2.12. The molecule has 0 saturated carbocycles. The van der Waals surface area contributed by atoms with Gasteiger partial charge in [0, 0.05) is 0 Å². The van der Waals surface area contributed by atoms with Crippen molar-refractivity contribution in [2.24, 2.45) is 0 Å². The second-order valence-corrected chi connectivity index (χ2v) is 6.91. The quantitative estimate of drug-likeness (QED) is 0.795. The molecule has 6 heteroatoms. The zero-order valence-corrected chi connectivity index (χ0v) is 15.4. The summed E-state index contributed by atoms with van der Waals surface area (Å²) in [5, 5.41) is 9.48. The van der Waals surface area contributed by atoms with Crippen LogP contribution >= 0.6 is 11.8 Å². The highest BCUT2D eigenvalue weighted by Crippen LogP contribution is 2.35. The van der Waals surface area contributed by atoms with Gasteiger partial charge in [-0.15, -0.1) is 0 Å². The first kappa shape index (κ1) is 18.1. The highest BCUT2D eigenvalue weighted by molar-refractivity contribution is 8.18. The van der Waals surface area contributed by atoms with Gasteiger partial charge in [0.05, 0.1) is 18.1 Å². The molecule has 1 heterocycles. The zero-order valence-electron chi connectivity index (χ0n) is 14.6. The van der Waals surface area contributed by atoms with Crippen LogP contribution in [0.3, 0.4) is 0 Å². The van der Waals surface area contributed by atoms with Gasteiger partial charge in [-0.25, -0.2) is 0 Å². The molecule has 2 aromatic carbocycles. The number of hydrogen-bond donors (Lipinski definition) is 1. The first-order chi connectivity index (χ1) is 12.5. The first-order valence-corrected chi connectivity index (χ1v) is 9.06. The van der Waals surface area contributed by atoms with Gasteiger partial charge in [0.25, 0.3) is 11.1 Å². The fraction of sp³-hybridized carbons (Fsp3) is 0.200. The maximum Gasteiger partial charge on any atom is 0.293 e. The number of carbonyl (C=O) groups excluding carboxylic acids is 2. The van der Waals surface area contributed by atoms with E-state index in [1.54, 1.807) is 18.2 Å². The molecule has 0 bridgehead atoms. The number of imide groups is 1. The summed E-state index contributed by atoms with van der Waals surface area (Å²) in [6, 6.07) is 12.6. The number of benzene rings is 2. The van der Waals surface area contributed by atoms with Gasteiger partial charge in [0.2, 0.25) is 0 Å². The molecule has 0 spiro atoms. The molecule has 1 saturated heterocycles. The summed E-state index contributed by atoms with van der Waals surface area (Å²) in [6.07, 6.45) is 1.64. The lowest BCUT2D eigenvalue weighted by atomic mass is 10.1. The fourth-order valence-electron chi connectivity index (χ4n) is 2.67. The van der Waals surface area contributed by atoms with Crippen molar-refractivity contribution < 1.29 is 19.4 Å². The number of rotatable bonds is 5. The predicted molar refractivity (Wildman–Crippen MR) is 102 cm³/mol. The Morgan fingerprint density at radius 2 is 2.00 bits per heavy atom. The summed E-state index contributed by atoms with van der Waals surface area (Å²) in [5.74, 6) is 0.0735. The standard InChI is InChI=1S/C20H19NO4S/c1-3-25-17-10-14(7-8-16(17)22)11-18-19(23)21(20(24)26-18)12-15-6-4-5-13(2)9-15/h4-11,22H,3,12H2,1-2H3/b18-11+. The number of aryl methyl sites for hydroxylation is 1. The Labute approximate surface area is 156 Å². The van der Waals surface area contributed by atoms with Gasteiger partial charge >= 0.3 is 0 Å². The topological polar surface area (TPSA) is 66.8 Å². The Balaban J connectivity index is 1.82. The molecule has 0 aliphatic carbocycles. The van der Waals surface area contributed by atoms with Crippen molar-refractivity contribution in [3.8, 4) is 11.5 Å². The average molecular weight is 369 g/mol. The van der Waals surface area contributed by atoms with E-state index in [9.17, 15) is 14.7 Å². The summed E-state index contributed by atoms with van der Waals surface area (Å²) < 4.78 is 5.35. The number of phenolic OH excluding ortho intramolecular Hbond substituents is 1. The third-order valence-electron chi connectivity index (χ3n) is 3.88. The minimum Gasteiger partial charge on any atom is -0.504 e. The number of amides is 2. The number of thioether (sulfide) groups is 1. The average Bonchev–Trinajstić information content (AvgIpc) is 2.86. The minimum atomic E-state index is -0.312. The molecule has 1 aliphatic rings. The molecule has 0 atom stereocenters. The number of ether oxygens (including phenoxy) is 1. The number of carbonyl (C=O) groups is 2. The lowest BCUT2D eigenvalue weighted by Crippen LogP contribution is -2.27. The largest absolute Gasteiger partial charge is 0.504 e. The van der Waals surface area contributed by atoms with E-state index in [0.29, 0.717) is 22.8 Å². The van der Waals surface area contributed by atoms with E-state index in [1.165, 1.54) is 11.0 Å². The van der Waals surface area contributed by atoms with Crippen molar-refractivity contribution in [3.63, 3.8) is 0 Å². The number of hydrogen-bond acceptors (Lipinski definition) is 5. The highest BCUT2D eigenvalue weighted by atomic mass is 32.2. The minimum absolute atomic E-state index is 0.0385. The second-order valence-electron chi connectivity index (χ2n) is 5.92. The van der Waals surface area contributed by atoms with Gasteiger partial charge < -0.3 is 9.84 Å². The summed E-state index contributed by atoms with van der Waals surface area (Å²) in [7, 11) is 0. The Morgan fingerprint density at radius 1 is 1.19 bits per heavy atom. The van der Waals surface area contributed by atoms with Crippen LogP contribution in [0, 0.1) is 6.92 Å². The maximum absolute atomic E-state index is 12.6. The van der Waals surface area contributed by atoms with E-state index >= 15 is 0 Å². The molecule has 0 aromatic heterocycles. The molecule has 134 valence electrons. The van der Waals surface area contributed by atoms with Gasteiger partial charge in [-0.1, -0.05) is 35.9 Å². The third kappa shape index (κ3) is 3.91. The van der Waals surface area contributed by atoms with Crippen molar-refractivity contribution in [2.75, 3.05) is 6.61 Å². The van der Waals surface area contributed by atoms with Gasteiger partial charge in [0.15, 0.2) is 11.5 Å². The van der Waals surface area contributed by atoms with Crippen LogP contribution in [-0.4, -0.2) is 27.8 Å². The summed E-state index contributed by atoms with van der Waals surface area (Å²) in [6.45, 7) is 4.47. The molecular weight excluding hydrogens is 350 g/mol. The normalized spacial score (nSPS) is 15.8. The Morgan fingerprint density at radius 3 is 2.73 bits per heavy atom. The Kier molecular flexibility index (Phi) is 5.32. The van der Waals surface area contributed by atoms with Crippen LogP contribution < -0.4 is 4.74 Å². The molecule has 0 unspecified atom stereocenters. The molecule has 2 amide bonds.